The van der Waals surface area contributed by atoms with Crippen LogP contribution in [0.5, 0.6) is 0 Å². The molecule has 3 aromatic rings. The Labute approximate surface area is 185 Å². The summed E-state index contributed by atoms with van der Waals surface area (Å²) in [7, 11) is -3.71. The highest BCUT2D eigenvalue weighted by Crippen LogP contribution is 2.37. The highest BCUT2D eigenvalue weighted by Gasteiger charge is 2.22. The van der Waals surface area contributed by atoms with E-state index in [9.17, 15) is 8.42 Å². The summed E-state index contributed by atoms with van der Waals surface area (Å²) in [6.45, 7) is 7.82. The Hall–Kier alpha value is -2.72. The van der Waals surface area contributed by atoms with Crippen LogP contribution in [0.1, 0.15) is 33.7 Å². The molecule has 0 saturated heterocycles. The molecule has 0 unspecified atom stereocenters. The SMILES string of the molecule is CC(C)Nc1nccc(-c2cn(C(C)C)nc2-c2cc(Cl)cc(NS(C)(=O)=O)c2F)n1. The van der Waals surface area contributed by atoms with Crippen molar-refractivity contribution in [2.24, 2.45) is 0 Å². The van der Waals surface area contributed by atoms with Crippen LogP contribution in [0.3, 0.4) is 0 Å². The fraction of sp³-hybridized carbons (Fsp3) is 0.350. The lowest BCUT2D eigenvalue weighted by Gasteiger charge is -2.11. The Bertz CT molecular complexity index is 1210. The zero-order chi connectivity index (χ0) is 22.9. The second-order valence-electron chi connectivity index (χ2n) is 7.72. The molecule has 0 aliphatic heterocycles. The third kappa shape index (κ3) is 5.50. The molecule has 31 heavy (non-hydrogen) atoms. The first-order chi connectivity index (χ1) is 14.4. The molecule has 0 bridgehead atoms. The number of aromatic nitrogens is 4. The van der Waals surface area contributed by atoms with E-state index in [1.54, 1.807) is 23.1 Å². The molecular weight excluding hydrogens is 443 g/mol. The van der Waals surface area contributed by atoms with Crippen molar-refractivity contribution in [3.05, 3.63) is 41.4 Å². The molecule has 0 spiro atoms. The maximum atomic E-state index is 15.3. The van der Waals surface area contributed by atoms with Crippen molar-refractivity contribution in [2.75, 3.05) is 16.3 Å². The smallest absolute Gasteiger partial charge is 0.229 e. The fourth-order valence-corrected chi connectivity index (χ4v) is 3.68. The van der Waals surface area contributed by atoms with E-state index in [4.69, 9.17) is 11.6 Å². The van der Waals surface area contributed by atoms with E-state index in [2.05, 4.69) is 25.1 Å². The van der Waals surface area contributed by atoms with Gasteiger partial charge in [-0.2, -0.15) is 5.10 Å². The average Bonchev–Trinajstić information content (AvgIpc) is 3.08. The van der Waals surface area contributed by atoms with Crippen LogP contribution in [-0.4, -0.2) is 40.5 Å². The number of benzene rings is 1. The minimum Gasteiger partial charge on any atom is -0.352 e. The molecule has 0 fully saturated rings. The number of nitrogens with one attached hydrogen (secondary N) is 2. The molecule has 2 N–H and O–H groups in total. The van der Waals surface area contributed by atoms with Gasteiger partial charge in [0.05, 0.1) is 17.6 Å². The van der Waals surface area contributed by atoms with Crippen LogP contribution < -0.4 is 10.0 Å². The third-order valence-electron chi connectivity index (χ3n) is 4.20. The fourth-order valence-electron chi connectivity index (χ4n) is 2.91. The van der Waals surface area contributed by atoms with Crippen molar-refractivity contribution in [2.45, 2.75) is 39.8 Å². The second kappa shape index (κ2) is 8.80. The highest BCUT2D eigenvalue weighted by molar-refractivity contribution is 7.92. The normalized spacial score (nSPS) is 11.9. The summed E-state index contributed by atoms with van der Waals surface area (Å²) in [5.41, 5.74) is 1.20. The predicted molar refractivity (Wildman–Crippen MR) is 121 cm³/mol. The Morgan fingerprint density at radius 2 is 1.87 bits per heavy atom. The largest absolute Gasteiger partial charge is 0.352 e. The van der Waals surface area contributed by atoms with E-state index in [1.807, 2.05) is 27.7 Å². The molecule has 166 valence electrons. The first kappa shape index (κ1) is 23.0. The third-order valence-corrected chi connectivity index (χ3v) is 5.01. The van der Waals surface area contributed by atoms with E-state index in [0.717, 1.165) is 6.26 Å². The number of sulfonamides is 1. The summed E-state index contributed by atoms with van der Waals surface area (Å²) in [6, 6.07) is 4.46. The molecule has 0 amide bonds. The molecule has 0 aliphatic rings. The van der Waals surface area contributed by atoms with Crippen LogP contribution in [0.15, 0.2) is 30.6 Å². The highest BCUT2D eigenvalue weighted by atomic mass is 35.5. The van der Waals surface area contributed by atoms with Gasteiger partial charge in [-0.05, 0) is 45.9 Å². The Morgan fingerprint density at radius 1 is 1.16 bits per heavy atom. The van der Waals surface area contributed by atoms with E-state index in [0.29, 0.717) is 22.9 Å². The van der Waals surface area contributed by atoms with Crippen LogP contribution in [0, 0.1) is 5.82 Å². The summed E-state index contributed by atoms with van der Waals surface area (Å²) >= 11 is 6.18. The molecule has 2 heterocycles. The molecule has 11 heteroatoms. The summed E-state index contributed by atoms with van der Waals surface area (Å²) in [5, 5.41) is 7.85. The standard InChI is InChI=1S/C20H24ClFN6O2S/c1-11(2)24-20-23-7-6-16(25-20)15-10-28(12(3)4)26-19(15)14-8-13(21)9-17(18(14)22)27-31(5,29)30/h6-12,27H,1-5H3,(H,23,24,25). The van der Waals surface area contributed by atoms with Gasteiger partial charge < -0.3 is 5.32 Å². The van der Waals surface area contributed by atoms with E-state index in [-0.39, 0.29) is 28.4 Å². The van der Waals surface area contributed by atoms with Gasteiger partial charge in [-0.3, -0.25) is 9.40 Å². The van der Waals surface area contributed by atoms with E-state index >= 15 is 4.39 Å². The lowest BCUT2D eigenvalue weighted by Crippen LogP contribution is -2.12. The molecule has 0 atom stereocenters. The maximum absolute atomic E-state index is 15.3. The van der Waals surface area contributed by atoms with E-state index in [1.165, 1.54) is 12.1 Å². The summed E-state index contributed by atoms with van der Waals surface area (Å²) in [5.74, 6) is -0.346. The quantitative estimate of drug-likeness (QED) is 0.528. The second-order valence-corrected chi connectivity index (χ2v) is 9.90. The Kier molecular flexibility index (Phi) is 6.51. The van der Waals surface area contributed by atoms with Crippen LogP contribution >= 0.6 is 11.6 Å². The predicted octanol–water partition coefficient (Wildman–Crippen LogP) is 4.57. The van der Waals surface area contributed by atoms with Crippen LogP contribution in [0.25, 0.3) is 22.5 Å². The maximum Gasteiger partial charge on any atom is 0.229 e. The zero-order valence-corrected chi connectivity index (χ0v) is 19.4. The first-order valence-corrected chi connectivity index (χ1v) is 11.9. The minimum atomic E-state index is -3.71. The van der Waals surface area contributed by atoms with Crippen LogP contribution in [0.2, 0.25) is 5.02 Å². The number of rotatable bonds is 7. The summed E-state index contributed by atoms with van der Waals surface area (Å²) in [6.07, 6.45) is 4.32. The Morgan fingerprint density at radius 3 is 2.48 bits per heavy atom. The van der Waals surface area contributed by atoms with E-state index < -0.39 is 15.8 Å². The van der Waals surface area contributed by atoms with Crippen molar-refractivity contribution in [3.63, 3.8) is 0 Å². The summed E-state index contributed by atoms with van der Waals surface area (Å²) in [4.78, 5) is 8.75. The van der Waals surface area contributed by atoms with Crippen molar-refractivity contribution in [1.29, 1.82) is 0 Å². The van der Waals surface area contributed by atoms with Crippen LogP contribution in [-0.2, 0) is 10.0 Å². The monoisotopic (exact) mass is 466 g/mol. The number of halogens is 2. The van der Waals surface area contributed by atoms with Crippen molar-refractivity contribution < 1.29 is 12.8 Å². The molecule has 1 aromatic carbocycles. The van der Waals surface area contributed by atoms with Crippen molar-refractivity contribution >= 4 is 33.3 Å². The number of hydrogen-bond donors (Lipinski definition) is 2. The van der Waals surface area contributed by atoms with Gasteiger partial charge in [0.1, 0.15) is 5.69 Å². The van der Waals surface area contributed by atoms with Crippen molar-refractivity contribution in [3.8, 4) is 22.5 Å². The minimum absolute atomic E-state index is 0.00143. The molecule has 8 nitrogen and oxygen atoms in total. The Balaban J connectivity index is 2.22. The number of anilines is 2. The van der Waals surface area contributed by atoms with Gasteiger partial charge >= 0.3 is 0 Å². The molecule has 0 saturated carbocycles. The van der Waals surface area contributed by atoms with Gasteiger partial charge in [0.2, 0.25) is 16.0 Å². The van der Waals surface area contributed by atoms with Crippen LogP contribution in [0.4, 0.5) is 16.0 Å². The molecular formula is C20H24ClFN6O2S. The zero-order valence-electron chi connectivity index (χ0n) is 17.8. The van der Waals surface area contributed by atoms with Gasteiger partial charge in [0, 0.05) is 40.6 Å². The molecule has 0 aliphatic carbocycles. The molecule has 2 aromatic heterocycles. The van der Waals surface area contributed by atoms with Crippen molar-refractivity contribution in [1.82, 2.24) is 19.7 Å². The first-order valence-electron chi connectivity index (χ1n) is 9.61. The van der Waals surface area contributed by atoms with Gasteiger partial charge in [0.15, 0.2) is 5.82 Å². The summed E-state index contributed by atoms with van der Waals surface area (Å²) < 4.78 is 42.5. The number of nitrogens with zero attached hydrogens (tertiary/aromatic N) is 4. The van der Waals surface area contributed by atoms with Gasteiger partial charge in [-0.1, -0.05) is 11.6 Å². The number of hydrogen-bond acceptors (Lipinski definition) is 6. The lowest BCUT2D eigenvalue weighted by atomic mass is 10.0. The molecule has 3 rings (SSSR count). The average molecular weight is 467 g/mol. The molecule has 0 radical (unpaired) electrons. The topological polar surface area (TPSA) is 102 Å². The van der Waals surface area contributed by atoms with Gasteiger partial charge in [-0.15, -0.1) is 0 Å². The van der Waals surface area contributed by atoms with Gasteiger partial charge in [-0.25, -0.2) is 22.8 Å². The van der Waals surface area contributed by atoms with Gasteiger partial charge in [0.25, 0.3) is 0 Å². The lowest BCUT2D eigenvalue weighted by molar-refractivity contribution is 0.533.